The molecule has 2 aliphatic heterocycles. The SMILES string of the molecule is Cc1ccc(N2C(=O)CN(Cc3ccc(F)cc3)C3CS(=O)(=O)CC32)cc1. The van der Waals surface area contributed by atoms with Gasteiger partial charge in [0, 0.05) is 18.3 Å². The van der Waals surface area contributed by atoms with Gasteiger partial charge in [0.1, 0.15) is 5.82 Å². The van der Waals surface area contributed by atoms with E-state index in [9.17, 15) is 17.6 Å². The summed E-state index contributed by atoms with van der Waals surface area (Å²) in [7, 11) is -3.23. The normalized spacial score (nSPS) is 24.8. The maximum Gasteiger partial charge on any atom is 0.241 e. The van der Waals surface area contributed by atoms with Crippen LogP contribution in [-0.4, -0.2) is 49.4 Å². The van der Waals surface area contributed by atoms with Gasteiger partial charge in [-0.15, -0.1) is 0 Å². The van der Waals surface area contributed by atoms with E-state index in [1.165, 1.54) is 12.1 Å². The van der Waals surface area contributed by atoms with Gasteiger partial charge in [0.25, 0.3) is 0 Å². The lowest BCUT2D eigenvalue weighted by molar-refractivity contribution is -0.123. The summed E-state index contributed by atoms with van der Waals surface area (Å²) in [4.78, 5) is 16.5. The number of aryl methyl sites for hydroxylation is 1. The van der Waals surface area contributed by atoms with Crippen LogP contribution in [0.1, 0.15) is 11.1 Å². The van der Waals surface area contributed by atoms with Gasteiger partial charge in [-0.05, 0) is 36.8 Å². The Morgan fingerprint density at radius 1 is 1.00 bits per heavy atom. The summed E-state index contributed by atoms with van der Waals surface area (Å²) in [5.74, 6) is -0.425. The number of amides is 1. The fourth-order valence-electron chi connectivity index (χ4n) is 4.00. The number of carbonyl (C=O) groups is 1. The predicted molar refractivity (Wildman–Crippen MR) is 102 cm³/mol. The number of hydrogen-bond donors (Lipinski definition) is 0. The van der Waals surface area contributed by atoms with Gasteiger partial charge in [0.15, 0.2) is 9.84 Å². The zero-order chi connectivity index (χ0) is 19.2. The van der Waals surface area contributed by atoms with Crippen molar-refractivity contribution in [1.82, 2.24) is 4.90 Å². The molecule has 142 valence electrons. The van der Waals surface area contributed by atoms with Crippen LogP contribution in [0.5, 0.6) is 0 Å². The molecule has 2 fully saturated rings. The third-order valence-electron chi connectivity index (χ3n) is 5.31. The number of sulfone groups is 1. The minimum atomic E-state index is -3.23. The van der Waals surface area contributed by atoms with E-state index in [1.54, 1.807) is 17.0 Å². The molecule has 1 amide bonds. The maximum atomic E-state index is 13.2. The number of fused-ring (bicyclic) bond motifs is 1. The van der Waals surface area contributed by atoms with Gasteiger partial charge in [0.05, 0.1) is 24.1 Å². The zero-order valence-corrected chi connectivity index (χ0v) is 15.8. The molecule has 2 aromatic carbocycles. The molecule has 0 saturated carbocycles. The van der Waals surface area contributed by atoms with E-state index in [1.807, 2.05) is 36.1 Å². The first kappa shape index (κ1) is 18.1. The van der Waals surface area contributed by atoms with Gasteiger partial charge in [-0.25, -0.2) is 12.8 Å². The monoisotopic (exact) mass is 388 g/mol. The van der Waals surface area contributed by atoms with E-state index in [-0.39, 0.29) is 35.8 Å². The molecule has 0 bridgehead atoms. The van der Waals surface area contributed by atoms with Crippen LogP contribution in [0.15, 0.2) is 48.5 Å². The molecule has 0 spiro atoms. The lowest BCUT2D eigenvalue weighted by atomic mass is 10.0. The third-order valence-corrected chi connectivity index (χ3v) is 7.01. The molecule has 27 heavy (non-hydrogen) atoms. The van der Waals surface area contributed by atoms with Crippen molar-refractivity contribution in [3.63, 3.8) is 0 Å². The van der Waals surface area contributed by atoms with Crippen LogP contribution in [0.2, 0.25) is 0 Å². The van der Waals surface area contributed by atoms with E-state index in [0.717, 1.165) is 16.8 Å². The Bertz CT molecular complexity index is 958. The van der Waals surface area contributed by atoms with Crippen LogP contribution in [0.4, 0.5) is 10.1 Å². The van der Waals surface area contributed by atoms with Crippen LogP contribution >= 0.6 is 0 Å². The molecule has 2 atom stereocenters. The van der Waals surface area contributed by atoms with Crippen molar-refractivity contribution >= 4 is 21.4 Å². The highest BCUT2D eigenvalue weighted by molar-refractivity contribution is 7.91. The minimum absolute atomic E-state index is 0.0306. The van der Waals surface area contributed by atoms with E-state index < -0.39 is 15.9 Å². The standard InChI is InChI=1S/C20H21FN2O3S/c1-14-2-8-17(9-3-14)23-19-13-27(25,26)12-18(19)22(11-20(23)24)10-15-4-6-16(21)7-5-15/h2-9,18-19H,10-13H2,1H3. The van der Waals surface area contributed by atoms with E-state index in [0.29, 0.717) is 6.54 Å². The Morgan fingerprint density at radius 3 is 2.30 bits per heavy atom. The molecular weight excluding hydrogens is 367 g/mol. The second-order valence-electron chi connectivity index (χ2n) is 7.34. The Balaban J connectivity index is 1.65. The van der Waals surface area contributed by atoms with E-state index in [4.69, 9.17) is 0 Å². The molecule has 2 aliphatic rings. The Labute approximate surface area is 158 Å². The number of halogens is 1. The molecule has 2 heterocycles. The number of hydrogen-bond acceptors (Lipinski definition) is 4. The summed E-state index contributed by atoms with van der Waals surface area (Å²) >= 11 is 0. The predicted octanol–water partition coefficient (Wildman–Crippen LogP) is 2.15. The number of rotatable bonds is 3. The summed E-state index contributed by atoms with van der Waals surface area (Å²) < 4.78 is 37.9. The molecule has 0 aliphatic carbocycles. The fraction of sp³-hybridized carbons (Fsp3) is 0.350. The second kappa shape index (κ2) is 6.73. The molecule has 5 nitrogen and oxygen atoms in total. The first-order valence-electron chi connectivity index (χ1n) is 8.90. The number of carbonyl (C=O) groups excluding carboxylic acids is 1. The maximum absolute atomic E-state index is 13.2. The quantitative estimate of drug-likeness (QED) is 0.809. The van der Waals surface area contributed by atoms with Gasteiger partial charge in [-0.1, -0.05) is 29.8 Å². The van der Waals surface area contributed by atoms with Crippen LogP contribution in [0.3, 0.4) is 0 Å². The van der Waals surface area contributed by atoms with Crippen molar-refractivity contribution in [2.45, 2.75) is 25.6 Å². The van der Waals surface area contributed by atoms with Crippen molar-refractivity contribution in [3.8, 4) is 0 Å². The summed E-state index contributed by atoms with van der Waals surface area (Å²) in [5, 5.41) is 0. The van der Waals surface area contributed by atoms with Crippen LogP contribution in [0, 0.1) is 12.7 Å². The van der Waals surface area contributed by atoms with E-state index >= 15 is 0 Å². The van der Waals surface area contributed by atoms with Gasteiger partial charge in [0.2, 0.25) is 5.91 Å². The van der Waals surface area contributed by atoms with Crippen molar-refractivity contribution < 1.29 is 17.6 Å². The van der Waals surface area contributed by atoms with E-state index in [2.05, 4.69) is 0 Å². The first-order valence-corrected chi connectivity index (χ1v) is 10.7. The molecule has 2 unspecified atom stereocenters. The minimum Gasteiger partial charge on any atom is -0.306 e. The molecule has 2 saturated heterocycles. The molecule has 7 heteroatoms. The first-order chi connectivity index (χ1) is 12.8. The van der Waals surface area contributed by atoms with Crippen molar-refractivity contribution in [1.29, 1.82) is 0 Å². The summed E-state index contributed by atoms with van der Waals surface area (Å²) in [6.07, 6.45) is 0. The smallest absolute Gasteiger partial charge is 0.241 e. The Hall–Kier alpha value is -2.25. The molecule has 4 rings (SSSR count). The zero-order valence-electron chi connectivity index (χ0n) is 15.0. The summed E-state index contributed by atoms with van der Waals surface area (Å²) in [6.45, 7) is 2.53. The van der Waals surface area contributed by atoms with Crippen LogP contribution in [-0.2, 0) is 21.2 Å². The van der Waals surface area contributed by atoms with Gasteiger partial charge >= 0.3 is 0 Å². The summed E-state index contributed by atoms with van der Waals surface area (Å²) in [6, 6.07) is 13.0. The van der Waals surface area contributed by atoms with Crippen molar-refractivity contribution in [2.24, 2.45) is 0 Å². The van der Waals surface area contributed by atoms with Gasteiger partial charge in [-0.2, -0.15) is 0 Å². The number of piperazine rings is 1. The third kappa shape index (κ3) is 3.61. The topological polar surface area (TPSA) is 57.7 Å². The average Bonchev–Trinajstić information content (AvgIpc) is 2.93. The average molecular weight is 388 g/mol. The van der Waals surface area contributed by atoms with Crippen molar-refractivity contribution in [2.75, 3.05) is 23.0 Å². The van der Waals surface area contributed by atoms with Crippen LogP contribution < -0.4 is 4.90 Å². The van der Waals surface area contributed by atoms with Crippen LogP contribution in [0.25, 0.3) is 0 Å². The number of anilines is 1. The fourth-order valence-corrected chi connectivity index (χ4v) is 5.98. The largest absolute Gasteiger partial charge is 0.306 e. The lowest BCUT2D eigenvalue weighted by Gasteiger charge is -2.43. The highest BCUT2D eigenvalue weighted by Gasteiger charge is 2.49. The van der Waals surface area contributed by atoms with Gasteiger partial charge in [-0.3, -0.25) is 9.69 Å². The molecular formula is C20H21FN2O3S. The summed E-state index contributed by atoms with van der Waals surface area (Å²) in [5.41, 5.74) is 2.67. The number of nitrogens with zero attached hydrogens (tertiary/aromatic N) is 2. The highest BCUT2D eigenvalue weighted by Crippen LogP contribution is 2.32. The Morgan fingerprint density at radius 2 is 1.63 bits per heavy atom. The Kier molecular flexibility index (Phi) is 4.52. The highest BCUT2D eigenvalue weighted by atomic mass is 32.2. The lowest BCUT2D eigenvalue weighted by Crippen LogP contribution is -2.61. The second-order valence-corrected chi connectivity index (χ2v) is 9.50. The molecule has 0 radical (unpaired) electrons. The molecule has 0 N–H and O–H groups in total. The van der Waals surface area contributed by atoms with Gasteiger partial charge < -0.3 is 4.90 Å². The van der Waals surface area contributed by atoms with Crippen molar-refractivity contribution in [3.05, 3.63) is 65.5 Å². The number of benzene rings is 2. The molecule has 0 aromatic heterocycles. The molecule has 2 aromatic rings.